The summed E-state index contributed by atoms with van der Waals surface area (Å²) < 4.78 is 0. The zero-order valence-corrected chi connectivity index (χ0v) is 12.4. The van der Waals surface area contributed by atoms with Crippen LogP contribution in [0.4, 0.5) is 0 Å². The van der Waals surface area contributed by atoms with Gasteiger partial charge >= 0.3 is 0 Å². The molecule has 2 aromatic rings. The van der Waals surface area contributed by atoms with Gasteiger partial charge in [-0.3, -0.25) is 10.4 Å². The molecule has 4 nitrogen and oxygen atoms in total. The average Bonchev–Trinajstić information content (AvgIpc) is 2.38. The van der Waals surface area contributed by atoms with Crippen LogP contribution in [0.2, 0.25) is 0 Å². The third-order valence-corrected chi connectivity index (χ3v) is 3.49. The molecule has 0 saturated heterocycles. The van der Waals surface area contributed by atoms with Gasteiger partial charge in [0.05, 0.1) is 11.4 Å². The maximum Gasteiger partial charge on any atom is 0.0947 e. The lowest BCUT2D eigenvalue weighted by Crippen LogP contribution is -2.31. The number of para-hydroxylation sites is 1. The van der Waals surface area contributed by atoms with Crippen molar-refractivity contribution in [3.05, 3.63) is 41.6 Å². The fraction of sp³-hybridized carbons (Fsp3) is 0.375. The molecule has 0 bridgehead atoms. The highest BCUT2D eigenvalue weighted by Gasteiger charge is 2.11. The van der Waals surface area contributed by atoms with Crippen LogP contribution in [0.25, 0.3) is 10.9 Å². The number of rotatable bonds is 5. The topological polar surface area (TPSA) is 66.0 Å². The van der Waals surface area contributed by atoms with Crippen LogP contribution in [0.15, 0.2) is 30.3 Å². The van der Waals surface area contributed by atoms with Crippen molar-refractivity contribution in [3.8, 4) is 0 Å². The van der Waals surface area contributed by atoms with E-state index in [-0.39, 0.29) is 11.8 Å². The van der Waals surface area contributed by atoms with E-state index in [1.807, 2.05) is 32.0 Å². The van der Waals surface area contributed by atoms with E-state index in [0.717, 1.165) is 24.3 Å². The van der Waals surface area contributed by atoms with Gasteiger partial charge in [-0.05, 0) is 31.7 Å². The van der Waals surface area contributed by atoms with Crippen LogP contribution >= 0.6 is 0 Å². The molecule has 1 heterocycles. The van der Waals surface area contributed by atoms with Crippen LogP contribution in [0.3, 0.4) is 0 Å². The summed E-state index contributed by atoms with van der Waals surface area (Å²) in [6.07, 6.45) is 0. The van der Waals surface area contributed by atoms with Crippen LogP contribution in [0.5, 0.6) is 0 Å². The predicted octanol–water partition coefficient (Wildman–Crippen LogP) is 2.55. The lowest BCUT2D eigenvalue weighted by atomic mass is 10.1. The van der Waals surface area contributed by atoms with Crippen molar-refractivity contribution < 1.29 is 0 Å². The molecule has 3 N–H and O–H groups in total. The van der Waals surface area contributed by atoms with Crippen LogP contribution in [-0.4, -0.2) is 29.3 Å². The van der Waals surface area contributed by atoms with Gasteiger partial charge in [0, 0.05) is 30.1 Å². The van der Waals surface area contributed by atoms with Crippen molar-refractivity contribution in [3.63, 3.8) is 0 Å². The summed E-state index contributed by atoms with van der Waals surface area (Å²) in [7, 11) is 2.06. The summed E-state index contributed by atoms with van der Waals surface area (Å²) in [6.45, 7) is 5.62. The summed E-state index contributed by atoms with van der Waals surface area (Å²) in [4.78, 5) is 6.76. The van der Waals surface area contributed by atoms with E-state index in [4.69, 9.17) is 11.1 Å². The average molecular weight is 270 g/mol. The highest BCUT2D eigenvalue weighted by Crippen LogP contribution is 2.19. The smallest absolute Gasteiger partial charge is 0.0947 e. The summed E-state index contributed by atoms with van der Waals surface area (Å²) in [5.41, 5.74) is 8.88. The van der Waals surface area contributed by atoms with Gasteiger partial charge < -0.3 is 10.6 Å². The zero-order valence-electron chi connectivity index (χ0n) is 12.4. The normalized spacial score (nSPS) is 12.8. The molecule has 20 heavy (non-hydrogen) atoms. The number of hydrogen-bond donors (Lipinski definition) is 2. The van der Waals surface area contributed by atoms with Gasteiger partial charge in [0.1, 0.15) is 0 Å². The number of aromatic nitrogens is 1. The molecule has 0 aliphatic rings. The quantitative estimate of drug-likeness (QED) is 0.648. The van der Waals surface area contributed by atoms with E-state index in [2.05, 4.69) is 29.1 Å². The standard InChI is InChI=1S/C16H22N4/c1-11(16(17)18)9-20(3)10-13-8-12(2)19-15-7-5-4-6-14(13)15/h4-8,11H,9-10H2,1-3H3,(H3,17,18). The first kappa shape index (κ1) is 14.5. The molecule has 0 radical (unpaired) electrons. The minimum Gasteiger partial charge on any atom is -0.387 e. The van der Waals surface area contributed by atoms with E-state index in [0.29, 0.717) is 0 Å². The molecule has 4 heteroatoms. The van der Waals surface area contributed by atoms with Crippen LogP contribution < -0.4 is 5.73 Å². The number of hydrogen-bond acceptors (Lipinski definition) is 3. The number of aryl methyl sites for hydroxylation is 1. The summed E-state index contributed by atoms with van der Waals surface area (Å²) in [5, 5.41) is 8.67. The second-order valence-corrected chi connectivity index (χ2v) is 5.49. The molecule has 0 aliphatic heterocycles. The molecular formula is C16H22N4. The Bertz CT molecular complexity index is 621. The molecule has 1 unspecified atom stereocenters. The fourth-order valence-corrected chi connectivity index (χ4v) is 2.45. The Labute approximate surface area is 120 Å². The number of fused-ring (bicyclic) bond motifs is 1. The van der Waals surface area contributed by atoms with Gasteiger partial charge in [0.2, 0.25) is 0 Å². The Morgan fingerprint density at radius 3 is 2.80 bits per heavy atom. The van der Waals surface area contributed by atoms with Gasteiger partial charge in [-0.1, -0.05) is 25.1 Å². The van der Waals surface area contributed by atoms with E-state index >= 15 is 0 Å². The second kappa shape index (κ2) is 6.01. The molecule has 0 saturated carbocycles. The van der Waals surface area contributed by atoms with Crippen molar-refractivity contribution in [1.82, 2.24) is 9.88 Å². The minimum absolute atomic E-state index is 0.0780. The predicted molar refractivity (Wildman–Crippen MR) is 83.9 cm³/mol. The minimum atomic E-state index is 0.0780. The zero-order chi connectivity index (χ0) is 14.7. The number of nitrogens with two attached hydrogens (primary N) is 1. The molecule has 0 fully saturated rings. The third kappa shape index (κ3) is 3.33. The van der Waals surface area contributed by atoms with E-state index in [1.165, 1.54) is 10.9 Å². The lowest BCUT2D eigenvalue weighted by molar-refractivity contribution is 0.307. The molecule has 106 valence electrons. The largest absolute Gasteiger partial charge is 0.387 e. The first-order valence-corrected chi connectivity index (χ1v) is 6.85. The van der Waals surface area contributed by atoms with Gasteiger partial charge in [0.15, 0.2) is 0 Å². The highest BCUT2D eigenvalue weighted by molar-refractivity contribution is 5.82. The monoisotopic (exact) mass is 270 g/mol. The number of benzene rings is 1. The molecule has 1 aromatic carbocycles. The molecule has 1 aromatic heterocycles. The maximum atomic E-state index is 7.48. The first-order chi connectivity index (χ1) is 9.47. The molecule has 2 rings (SSSR count). The number of nitrogens with zero attached hydrogens (tertiary/aromatic N) is 2. The first-order valence-electron chi connectivity index (χ1n) is 6.85. The van der Waals surface area contributed by atoms with Crippen molar-refractivity contribution in [2.24, 2.45) is 11.7 Å². The summed E-state index contributed by atoms with van der Waals surface area (Å²) >= 11 is 0. The van der Waals surface area contributed by atoms with E-state index in [1.54, 1.807) is 0 Å². The summed E-state index contributed by atoms with van der Waals surface area (Å²) in [6, 6.07) is 10.3. The Kier molecular flexibility index (Phi) is 4.35. The Balaban J connectivity index is 2.23. The maximum absolute atomic E-state index is 7.48. The number of nitrogens with one attached hydrogen (secondary N) is 1. The van der Waals surface area contributed by atoms with Gasteiger partial charge in [-0.15, -0.1) is 0 Å². The molecule has 0 aliphatic carbocycles. The lowest BCUT2D eigenvalue weighted by Gasteiger charge is -2.21. The van der Waals surface area contributed by atoms with E-state index < -0.39 is 0 Å². The Morgan fingerprint density at radius 2 is 2.10 bits per heavy atom. The van der Waals surface area contributed by atoms with Crippen LogP contribution in [-0.2, 0) is 6.54 Å². The molecule has 1 atom stereocenters. The van der Waals surface area contributed by atoms with Gasteiger partial charge in [-0.2, -0.15) is 0 Å². The number of pyridine rings is 1. The number of amidine groups is 1. The van der Waals surface area contributed by atoms with Crippen molar-refractivity contribution in [2.75, 3.05) is 13.6 Å². The Hall–Kier alpha value is -1.94. The van der Waals surface area contributed by atoms with Crippen molar-refractivity contribution >= 4 is 16.7 Å². The molecular weight excluding hydrogens is 248 g/mol. The van der Waals surface area contributed by atoms with Crippen molar-refractivity contribution in [1.29, 1.82) is 5.41 Å². The van der Waals surface area contributed by atoms with E-state index in [9.17, 15) is 0 Å². The Morgan fingerprint density at radius 1 is 1.40 bits per heavy atom. The third-order valence-electron chi connectivity index (χ3n) is 3.49. The molecule has 0 amide bonds. The SMILES string of the molecule is Cc1cc(CN(C)CC(C)C(=N)N)c2ccccc2n1. The van der Waals surface area contributed by atoms with Crippen molar-refractivity contribution in [2.45, 2.75) is 20.4 Å². The van der Waals surface area contributed by atoms with Crippen LogP contribution in [0.1, 0.15) is 18.2 Å². The second-order valence-electron chi connectivity index (χ2n) is 5.49. The van der Waals surface area contributed by atoms with Gasteiger partial charge in [-0.25, -0.2) is 0 Å². The van der Waals surface area contributed by atoms with Crippen LogP contribution in [0, 0.1) is 18.3 Å². The molecule has 0 spiro atoms. The fourth-order valence-electron chi connectivity index (χ4n) is 2.45. The summed E-state index contributed by atoms with van der Waals surface area (Å²) in [5.74, 6) is 0.321. The highest BCUT2D eigenvalue weighted by atomic mass is 15.1. The van der Waals surface area contributed by atoms with Gasteiger partial charge in [0.25, 0.3) is 0 Å².